The van der Waals surface area contributed by atoms with Gasteiger partial charge in [-0.3, -0.25) is 0 Å². The van der Waals surface area contributed by atoms with E-state index in [2.05, 4.69) is 0 Å². The van der Waals surface area contributed by atoms with Gasteiger partial charge in [0.15, 0.2) is 5.60 Å². The Morgan fingerprint density at radius 2 is 2.25 bits per heavy atom. The number of ether oxygens (including phenoxy) is 1. The lowest BCUT2D eigenvalue weighted by molar-refractivity contribution is -0.169. The fraction of sp³-hybridized carbons (Fsp3) is 0.462. The molecular weight excluding hydrogens is 204 g/mol. The van der Waals surface area contributed by atoms with Crippen LogP contribution < -0.4 is 0 Å². The first-order chi connectivity index (χ1) is 7.70. The van der Waals surface area contributed by atoms with E-state index in [9.17, 15) is 9.90 Å². The molecule has 1 aromatic rings. The van der Waals surface area contributed by atoms with Crippen molar-refractivity contribution in [3.63, 3.8) is 0 Å². The van der Waals surface area contributed by atoms with Gasteiger partial charge in [0, 0.05) is 6.61 Å². The van der Waals surface area contributed by atoms with E-state index in [-0.39, 0.29) is 0 Å². The van der Waals surface area contributed by atoms with E-state index < -0.39 is 11.6 Å². The van der Waals surface area contributed by atoms with E-state index >= 15 is 0 Å². The number of carboxylic acid groups (broad SMARTS) is 1. The van der Waals surface area contributed by atoms with Crippen LogP contribution in [-0.4, -0.2) is 17.7 Å². The number of aliphatic carboxylic acids is 1. The van der Waals surface area contributed by atoms with Crippen molar-refractivity contribution < 1.29 is 14.6 Å². The number of aryl methyl sites for hydroxylation is 1. The Balaban J connectivity index is 2.52. The Morgan fingerprint density at radius 1 is 1.50 bits per heavy atom. The van der Waals surface area contributed by atoms with Crippen molar-refractivity contribution in [3.05, 3.63) is 35.4 Å². The maximum absolute atomic E-state index is 11.5. The Bertz CT molecular complexity index is 400. The monoisotopic (exact) mass is 220 g/mol. The number of hydrogen-bond donors (Lipinski definition) is 1. The summed E-state index contributed by atoms with van der Waals surface area (Å²) in [4.78, 5) is 11.5. The summed E-state index contributed by atoms with van der Waals surface area (Å²) in [5.74, 6) is -0.874. The van der Waals surface area contributed by atoms with Crippen LogP contribution in [0.2, 0.25) is 0 Å². The Labute approximate surface area is 95.0 Å². The van der Waals surface area contributed by atoms with Crippen LogP contribution in [0, 0.1) is 0 Å². The minimum Gasteiger partial charge on any atom is -0.479 e. The Kier molecular flexibility index (Phi) is 2.97. The van der Waals surface area contributed by atoms with Gasteiger partial charge in [0.05, 0.1) is 0 Å². The van der Waals surface area contributed by atoms with Crippen molar-refractivity contribution in [3.8, 4) is 0 Å². The first kappa shape index (κ1) is 11.1. The van der Waals surface area contributed by atoms with Gasteiger partial charge in [0.2, 0.25) is 0 Å². The minimum absolute atomic E-state index is 0.417. The topological polar surface area (TPSA) is 46.5 Å². The van der Waals surface area contributed by atoms with Crippen LogP contribution in [0.25, 0.3) is 0 Å². The molecule has 0 heterocycles. The lowest BCUT2D eigenvalue weighted by Crippen LogP contribution is -2.41. The maximum Gasteiger partial charge on any atom is 0.340 e. The van der Waals surface area contributed by atoms with Gasteiger partial charge in [-0.15, -0.1) is 0 Å². The lowest BCUT2D eigenvalue weighted by Gasteiger charge is -2.35. The fourth-order valence-corrected chi connectivity index (χ4v) is 2.47. The lowest BCUT2D eigenvalue weighted by atomic mass is 9.79. The molecule has 1 aromatic carbocycles. The van der Waals surface area contributed by atoms with E-state index in [1.54, 1.807) is 0 Å². The standard InChI is InChI=1S/C13H16O3/c1-2-16-13(12(14)15)9-5-7-10-6-3-4-8-11(10)13/h3-4,6,8H,2,5,7,9H2,1H3,(H,14,15). The van der Waals surface area contributed by atoms with Crippen LogP contribution in [0.5, 0.6) is 0 Å². The predicted molar refractivity (Wildman–Crippen MR) is 60.3 cm³/mol. The molecule has 1 aliphatic carbocycles. The molecule has 0 saturated heterocycles. The van der Waals surface area contributed by atoms with Gasteiger partial charge < -0.3 is 9.84 Å². The number of fused-ring (bicyclic) bond motifs is 1. The number of rotatable bonds is 3. The van der Waals surface area contributed by atoms with E-state index in [4.69, 9.17) is 4.74 Å². The first-order valence-corrected chi connectivity index (χ1v) is 5.66. The summed E-state index contributed by atoms with van der Waals surface area (Å²) < 4.78 is 5.56. The maximum atomic E-state index is 11.5. The summed E-state index contributed by atoms with van der Waals surface area (Å²) >= 11 is 0. The second-order valence-electron chi connectivity index (χ2n) is 4.08. The van der Waals surface area contributed by atoms with Crippen molar-refractivity contribution >= 4 is 5.97 Å². The zero-order valence-corrected chi connectivity index (χ0v) is 9.40. The number of carbonyl (C=O) groups is 1. The fourth-order valence-electron chi connectivity index (χ4n) is 2.47. The van der Waals surface area contributed by atoms with Crippen LogP contribution in [0.3, 0.4) is 0 Å². The SMILES string of the molecule is CCOC1(C(=O)O)CCCc2ccccc21. The first-order valence-electron chi connectivity index (χ1n) is 5.66. The van der Waals surface area contributed by atoms with Gasteiger partial charge in [0.1, 0.15) is 0 Å². The molecule has 0 fully saturated rings. The third-order valence-corrected chi connectivity index (χ3v) is 3.16. The zero-order chi connectivity index (χ0) is 11.6. The van der Waals surface area contributed by atoms with Crippen molar-refractivity contribution in [1.29, 1.82) is 0 Å². The van der Waals surface area contributed by atoms with E-state index in [0.29, 0.717) is 13.0 Å². The van der Waals surface area contributed by atoms with Crippen molar-refractivity contribution in [2.45, 2.75) is 31.8 Å². The molecule has 0 radical (unpaired) electrons. The summed E-state index contributed by atoms with van der Waals surface area (Å²) in [6.45, 7) is 2.25. The number of carboxylic acids is 1. The second-order valence-corrected chi connectivity index (χ2v) is 4.08. The smallest absolute Gasteiger partial charge is 0.340 e. The predicted octanol–water partition coefficient (Wildman–Crippen LogP) is 2.34. The van der Waals surface area contributed by atoms with Crippen LogP contribution in [-0.2, 0) is 21.6 Å². The average Bonchev–Trinajstić information content (AvgIpc) is 2.29. The van der Waals surface area contributed by atoms with Crippen LogP contribution in [0.1, 0.15) is 30.9 Å². The zero-order valence-electron chi connectivity index (χ0n) is 9.40. The molecule has 0 aromatic heterocycles. The van der Waals surface area contributed by atoms with E-state index in [0.717, 1.165) is 24.0 Å². The molecular formula is C13H16O3. The van der Waals surface area contributed by atoms with Gasteiger partial charge in [-0.1, -0.05) is 24.3 Å². The molecule has 0 bridgehead atoms. The molecule has 0 amide bonds. The molecule has 3 heteroatoms. The molecule has 0 spiro atoms. The largest absolute Gasteiger partial charge is 0.479 e. The minimum atomic E-state index is -1.12. The summed E-state index contributed by atoms with van der Waals surface area (Å²) in [6, 6.07) is 7.69. The van der Waals surface area contributed by atoms with Gasteiger partial charge in [-0.05, 0) is 37.3 Å². The molecule has 86 valence electrons. The van der Waals surface area contributed by atoms with Crippen molar-refractivity contribution in [1.82, 2.24) is 0 Å². The highest BCUT2D eigenvalue weighted by atomic mass is 16.5. The highest BCUT2D eigenvalue weighted by Gasteiger charge is 2.44. The summed E-state index contributed by atoms with van der Waals surface area (Å²) in [7, 11) is 0. The molecule has 0 aliphatic heterocycles. The third kappa shape index (κ3) is 1.61. The number of benzene rings is 1. The molecule has 3 nitrogen and oxygen atoms in total. The van der Waals surface area contributed by atoms with Crippen LogP contribution in [0.15, 0.2) is 24.3 Å². The van der Waals surface area contributed by atoms with Gasteiger partial charge in [-0.2, -0.15) is 0 Å². The molecule has 1 N–H and O–H groups in total. The van der Waals surface area contributed by atoms with E-state index in [1.807, 2.05) is 31.2 Å². The Hall–Kier alpha value is -1.35. The van der Waals surface area contributed by atoms with Gasteiger partial charge >= 0.3 is 5.97 Å². The molecule has 1 unspecified atom stereocenters. The highest BCUT2D eigenvalue weighted by molar-refractivity contribution is 5.80. The normalized spacial score (nSPS) is 23.8. The third-order valence-electron chi connectivity index (χ3n) is 3.16. The summed E-state index contributed by atoms with van der Waals surface area (Å²) in [5, 5.41) is 9.44. The van der Waals surface area contributed by atoms with Crippen molar-refractivity contribution in [2.75, 3.05) is 6.61 Å². The highest BCUT2D eigenvalue weighted by Crippen LogP contribution is 2.38. The molecule has 1 aliphatic rings. The van der Waals surface area contributed by atoms with Crippen LogP contribution >= 0.6 is 0 Å². The van der Waals surface area contributed by atoms with E-state index in [1.165, 1.54) is 0 Å². The van der Waals surface area contributed by atoms with Gasteiger partial charge in [0.25, 0.3) is 0 Å². The van der Waals surface area contributed by atoms with Crippen LogP contribution in [0.4, 0.5) is 0 Å². The molecule has 0 saturated carbocycles. The quantitative estimate of drug-likeness (QED) is 0.850. The van der Waals surface area contributed by atoms with Crippen molar-refractivity contribution in [2.24, 2.45) is 0 Å². The Morgan fingerprint density at radius 3 is 2.94 bits per heavy atom. The average molecular weight is 220 g/mol. The molecule has 2 rings (SSSR count). The number of hydrogen-bond acceptors (Lipinski definition) is 2. The summed E-state index contributed by atoms with van der Waals surface area (Å²) in [6.07, 6.45) is 2.37. The molecule has 1 atom stereocenters. The second kappa shape index (κ2) is 4.26. The molecule has 16 heavy (non-hydrogen) atoms. The summed E-state index contributed by atoms with van der Waals surface area (Å²) in [5.41, 5.74) is 0.809. The van der Waals surface area contributed by atoms with Gasteiger partial charge in [-0.25, -0.2) is 4.79 Å².